The van der Waals surface area contributed by atoms with Crippen LogP contribution in [-0.2, 0) is 6.54 Å². The highest BCUT2D eigenvalue weighted by Gasteiger charge is 2.07. The topological polar surface area (TPSA) is 52.9 Å². The van der Waals surface area contributed by atoms with Gasteiger partial charge in [-0.2, -0.15) is 16.4 Å². The molecule has 2 aromatic rings. The van der Waals surface area contributed by atoms with Crippen LogP contribution in [0.25, 0.3) is 0 Å². The van der Waals surface area contributed by atoms with Crippen molar-refractivity contribution in [3.63, 3.8) is 0 Å². The number of thiophene rings is 1. The summed E-state index contributed by atoms with van der Waals surface area (Å²) in [7, 11) is 3.65. The summed E-state index contributed by atoms with van der Waals surface area (Å²) in [6, 6.07) is 5.99. The van der Waals surface area contributed by atoms with Crippen LogP contribution in [0.1, 0.15) is 11.1 Å². The second kappa shape index (κ2) is 9.90. The van der Waals surface area contributed by atoms with Crippen LogP contribution in [0.5, 0.6) is 0 Å². The van der Waals surface area contributed by atoms with E-state index in [-0.39, 0.29) is 0 Å². The van der Waals surface area contributed by atoms with E-state index < -0.39 is 0 Å². The molecule has 2 heterocycles. The molecule has 0 aliphatic carbocycles. The van der Waals surface area contributed by atoms with E-state index in [1.807, 2.05) is 42.9 Å². The van der Waals surface area contributed by atoms with Gasteiger partial charge < -0.3 is 5.32 Å². The molecule has 25 heavy (non-hydrogen) atoms. The van der Waals surface area contributed by atoms with E-state index in [9.17, 15) is 0 Å². The van der Waals surface area contributed by atoms with Gasteiger partial charge in [-0.25, -0.2) is 0 Å². The Kier molecular flexibility index (Phi) is 7.56. The van der Waals surface area contributed by atoms with Gasteiger partial charge >= 0.3 is 0 Å². The fraction of sp³-hybridized carbons (Fsp3) is 0.167. The van der Waals surface area contributed by atoms with Crippen molar-refractivity contribution in [3.05, 3.63) is 75.4 Å². The van der Waals surface area contributed by atoms with Gasteiger partial charge in [0.2, 0.25) is 0 Å². The molecule has 7 heteroatoms. The number of pyridine rings is 1. The maximum atomic E-state index is 4.39. The summed E-state index contributed by atoms with van der Waals surface area (Å²) < 4.78 is 0.702. The Bertz CT molecular complexity index is 766. The van der Waals surface area contributed by atoms with Crippen molar-refractivity contribution in [2.75, 3.05) is 14.1 Å². The molecular formula is C18H20BrN5S. The summed E-state index contributed by atoms with van der Waals surface area (Å²) >= 11 is 4.93. The second-order valence-corrected chi connectivity index (χ2v) is 6.88. The summed E-state index contributed by atoms with van der Waals surface area (Å²) in [6.07, 6.45) is 7.22. The Hall–Kier alpha value is -2.25. The first kappa shape index (κ1) is 19.1. The lowest BCUT2D eigenvalue weighted by Crippen LogP contribution is -2.26. The van der Waals surface area contributed by atoms with Crippen molar-refractivity contribution in [3.8, 4) is 0 Å². The minimum atomic E-state index is 0.634. The Morgan fingerprint density at radius 1 is 1.48 bits per heavy atom. The molecule has 0 bridgehead atoms. The molecule has 0 aliphatic heterocycles. The van der Waals surface area contributed by atoms with Crippen LogP contribution in [0.2, 0.25) is 0 Å². The van der Waals surface area contributed by atoms with Crippen LogP contribution in [0.15, 0.2) is 74.4 Å². The fourth-order valence-corrected chi connectivity index (χ4v) is 2.72. The molecule has 0 unspecified atom stereocenters. The third-order valence-corrected chi connectivity index (χ3v) is 4.14. The van der Waals surface area contributed by atoms with Crippen molar-refractivity contribution >= 4 is 39.2 Å². The first-order valence-corrected chi connectivity index (χ1v) is 9.29. The highest BCUT2D eigenvalue weighted by Crippen LogP contribution is 2.11. The van der Waals surface area contributed by atoms with Crippen molar-refractivity contribution in [2.45, 2.75) is 6.54 Å². The van der Waals surface area contributed by atoms with Crippen molar-refractivity contribution in [2.24, 2.45) is 10.1 Å². The molecule has 0 spiro atoms. The molecule has 0 radical (unpaired) electrons. The van der Waals surface area contributed by atoms with Gasteiger partial charge in [-0.1, -0.05) is 12.6 Å². The zero-order valence-corrected chi connectivity index (χ0v) is 16.6. The van der Waals surface area contributed by atoms with Gasteiger partial charge in [0.05, 0.1) is 11.9 Å². The Morgan fingerprint density at radius 2 is 2.32 bits per heavy atom. The van der Waals surface area contributed by atoms with Gasteiger partial charge in [0.15, 0.2) is 0 Å². The van der Waals surface area contributed by atoms with Crippen LogP contribution >= 0.6 is 27.3 Å². The van der Waals surface area contributed by atoms with Gasteiger partial charge in [-0.15, -0.1) is 0 Å². The summed E-state index contributed by atoms with van der Waals surface area (Å²) in [4.78, 5) is 8.53. The van der Waals surface area contributed by atoms with Gasteiger partial charge in [-0.3, -0.25) is 15.0 Å². The number of hydrogen-bond acceptors (Lipinski definition) is 6. The zero-order valence-electron chi connectivity index (χ0n) is 14.2. The van der Waals surface area contributed by atoms with Gasteiger partial charge in [0, 0.05) is 54.5 Å². The third-order valence-electron chi connectivity index (χ3n) is 3.25. The lowest BCUT2D eigenvalue weighted by molar-refractivity contribution is 0.408. The lowest BCUT2D eigenvalue weighted by Gasteiger charge is -2.19. The summed E-state index contributed by atoms with van der Waals surface area (Å²) in [6.45, 7) is 4.40. The predicted molar refractivity (Wildman–Crippen MR) is 110 cm³/mol. The molecular weight excluding hydrogens is 398 g/mol. The number of hydrazone groups is 1. The number of rotatable bonds is 8. The van der Waals surface area contributed by atoms with Crippen LogP contribution in [0, 0.1) is 0 Å². The van der Waals surface area contributed by atoms with Crippen molar-refractivity contribution in [1.29, 1.82) is 0 Å². The van der Waals surface area contributed by atoms with Crippen LogP contribution < -0.4 is 5.32 Å². The van der Waals surface area contributed by atoms with Crippen LogP contribution in [0.4, 0.5) is 0 Å². The number of nitrogens with one attached hydrogen (secondary N) is 1. The molecule has 2 aromatic heterocycles. The molecule has 130 valence electrons. The first-order chi connectivity index (χ1) is 12.1. The van der Waals surface area contributed by atoms with E-state index in [2.05, 4.69) is 48.3 Å². The average molecular weight is 418 g/mol. The second-order valence-electron chi connectivity index (χ2n) is 5.08. The molecule has 5 nitrogen and oxygen atoms in total. The number of allylic oxidation sites excluding steroid dienone is 2. The van der Waals surface area contributed by atoms with Gasteiger partial charge in [-0.05, 0) is 39.0 Å². The first-order valence-electron chi connectivity index (χ1n) is 7.56. The normalized spacial score (nSPS) is 12.4. The average Bonchev–Trinajstić information content (AvgIpc) is 3.15. The number of halogens is 1. The van der Waals surface area contributed by atoms with Crippen LogP contribution in [0.3, 0.4) is 0 Å². The molecule has 0 saturated heterocycles. The molecule has 0 aromatic carbocycles. The number of aromatic nitrogens is 1. The van der Waals surface area contributed by atoms with E-state index in [0.717, 1.165) is 22.7 Å². The quantitative estimate of drug-likeness (QED) is 0.521. The molecule has 2 rings (SSSR count). The maximum Gasteiger partial charge on any atom is 0.124 e. The maximum absolute atomic E-state index is 4.39. The lowest BCUT2D eigenvalue weighted by atomic mass is 10.2. The van der Waals surface area contributed by atoms with E-state index in [0.29, 0.717) is 11.0 Å². The zero-order chi connectivity index (χ0) is 18.1. The summed E-state index contributed by atoms with van der Waals surface area (Å²) in [5.41, 5.74) is 3.05. The highest BCUT2D eigenvalue weighted by molar-refractivity contribution is 9.12. The molecule has 0 amide bonds. The minimum absolute atomic E-state index is 0.634. The van der Waals surface area contributed by atoms with Crippen LogP contribution in [-0.4, -0.2) is 36.0 Å². The molecule has 0 aliphatic rings. The van der Waals surface area contributed by atoms with E-state index in [4.69, 9.17) is 0 Å². The predicted octanol–water partition coefficient (Wildman–Crippen LogP) is 4.02. The van der Waals surface area contributed by atoms with E-state index in [1.165, 1.54) is 0 Å². The Balaban J connectivity index is 2.24. The van der Waals surface area contributed by atoms with Crippen molar-refractivity contribution in [1.82, 2.24) is 15.3 Å². The number of aliphatic imine (C=N–C) groups is 1. The van der Waals surface area contributed by atoms with Gasteiger partial charge in [0.25, 0.3) is 0 Å². The third kappa shape index (κ3) is 6.28. The van der Waals surface area contributed by atoms with E-state index >= 15 is 0 Å². The fourth-order valence-electron chi connectivity index (χ4n) is 1.98. The largest absolute Gasteiger partial charge is 0.366 e. The van der Waals surface area contributed by atoms with Gasteiger partial charge in [0.1, 0.15) is 5.82 Å². The van der Waals surface area contributed by atoms with E-state index in [1.54, 1.807) is 35.8 Å². The minimum Gasteiger partial charge on any atom is -0.366 e. The number of hydrogen-bond donors (Lipinski definition) is 1. The Labute approximate surface area is 160 Å². The molecule has 0 saturated carbocycles. The SMILES string of the molecule is C=C(Br)/C=N\N(C)/C(=C\C(=N/C)c1ccsc1)NCc1cccnc1. The Morgan fingerprint density at radius 3 is 2.92 bits per heavy atom. The summed E-state index contributed by atoms with van der Waals surface area (Å²) in [5.74, 6) is 0.820. The molecule has 0 atom stereocenters. The van der Waals surface area contributed by atoms with Crippen molar-refractivity contribution < 1.29 is 0 Å². The molecule has 0 fully saturated rings. The standard InChI is InChI=1S/C18H20BrN5S/c1-14(19)10-23-24(3)18(22-12-15-5-4-7-21-11-15)9-17(20-2)16-6-8-25-13-16/h4-11,13,22H,1,12H2,2-3H3/b18-9-,20-17+,23-10-. The monoisotopic (exact) mass is 417 g/mol. The highest BCUT2D eigenvalue weighted by atomic mass is 79.9. The number of nitrogens with zero attached hydrogens (tertiary/aromatic N) is 4. The molecule has 1 N–H and O–H groups in total. The smallest absolute Gasteiger partial charge is 0.124 e. The summed E-state index contributed by atoms with van der Waals surface area (Å²) in [5, 5.41) is 13.6.